The zero-order valence-electron chi connectivity index (χ0n) is 10.5. The number of hydrogen-bond donors (Lipinski definition) is 0. The lowest BCUT2D eigenvalue weighted by molar-refractivity contribution is -0.132. The summed E-state index contributed by atoms with van der Waals surface area (Å²) in [7, 11) is 0. The molecule has 2 rings (SSSR count). The molecule has 1 aromatic carbocycles. The minimum absolute atomic E-state index is 0.133. The van der Waals surface area contributed by atoms with Gasteiger partial charge >= 0.3 is 6.09 Å². The van der Waals surface area contributed by atoms with Crippen LogP contribution in [0.25, 0.3) is 0 Å². The minimum atomic E-state index is -0.532. The number of rotatable bonds is 2. The van der Waals surface area contributed by atoms with Crippen LogP contribution in [-0.4, -0.2) is 23.4 Å². The first-order chi connectivity index (χ1) is 8.66. The summed E-state index contributed by atoms with van der Waals surface area (Å²) < 4.78 is 5.15. The van der Waals surface area contributed by atoms with E-state index in [-0.39, 0.29) is 12.5 Å². The zero-order valence-corrected chi connectivity index (χ0v) is 10.5. The third kappa shape index (κ3) is 3.09. The average Bonchev–Trinajstić information content (AvgIpc) is 2.40. The molecule has 2 amide bonds. The quantitative estimate of drug-likeness (QED) is 0.807. The van der Waals surface area contributed by atoms with E-state index in [1.165, 1.54) is 4.90 Å². The first kappa shape index (κ1) is 12.6. The molecule has 18 heavy (non-hydrogen) atoms. The molecule has 1 heterocycles. The number of hydrogen-bond acceptors (Lipinski definition) is 3. The smallest absolute Gasteiger partial charge is 0.416 e. The van der Waals surface area contributed by atoms with Crippen molar-refractivity contribution in [3.63, 3.8) is 0 Å². The Labute approximate surface area is 107 Å². The number of likely N-dealkylation sites (tertiary alicyclic amines) is 1. The molecule has 4 nitrogen and oxygen atoms in total. The van der Waals surface area contributed by atoms with Gasteiger partial charge in [-0.2, -0.15) is 0 Å². The van der Waals surface area contributed by atoms with Crippen molar-refractivity contribution in [2.45, 2.75) is 26.4 Å². The van der Waals surface area contributed by atoms with E-state index in [1.54, 1.807) is 0 Å². The summed E-state index contributed by atoms with van der Waals surface area (Å²) >= 11 is 0. The summed E-state index contributed by atoms with van der Waals surface area (Å²) in [6.07, 6.45) is 0.749. The molecule has 0 unspecified atom stereocenters. The maximum atomic E-state index is 11.8. The zero-order chi connectivity index (χ0) is 13.0. The Kier molecular flexibility index (Phi) is 3.97. The van der Waals surface area contributed by atoms with E-state index in [1.807, 2.05) is 37.3 Å². The Morgan fingerprint density at radius 2 is 2.11 bits per heavy atom. The maximum absolute atomic E-state index is 11.8. The second-order valence-corrected chi connectivity index (χ2v) is 4.69. The monoisotopic (exact) mass is 247 g/mol. The highest BCUT2D eigenvalue weighted by Gasteiger charge is 2.29. The lowest BCUT2D eigenvalue weighted by Gasteiger charge is -2.28. The summed E-state index contributed by atoms with van der Waals surface area (Å²) in [5, 5.41) is 0. The van der Waals surface area contributed by atoms with Crippen molar-refractivity contribution >= 4 is 12.0 Å². The number of carbonyl (C=O) groups excluding carboxylic acids is 2. The minimum Gasteiger partial charge on any atom is -0.444 e. The number of imide groups is 1. The molecular formula is C14H17NO3. The molecule has 0 radical (unpaired) electrons. The van der Waals surface area contributed by atoms with E-state index >= 15 is 0 Å². The fourth-order valence-electron chi connectivity index (χ4n) is 1.98. The molecule has 0 bridgehead atoms. The van der Waals surface area contributed by atoms with Gasteiger partial charge in [0.1, 0.15) is 6.61 Å². The van der Waals surface area contributed by atoms with E-state index in [4.69, 9.17) is 4.74 Å². The molecule has 1 aliphatic rings. The average molecular weight is 247 g/mol. The normalized spacial score (nSPS) is 19.7. The highest BCUT2D eigenvalue weighted by molar-refractivity contribution is 5.92. The molecule has 0 saturated carbocycles. The van der Waals surface area contributed by atoms with E-state index in [0.717, 1.165) is 12.0 Å². The fourth-order valence-corrected chi connectivity index (χ4v) is 1.98. The van der Waals surface area contributed by atoms with E-state index in [9.17, 15) is 9.59 Å². The third-order valence-electron chi connectivity index (χ3n) is 3.07. The van der Waals surface area contributed by atoms with Crippen molar-refractivity contribution < 1.29 is 14.3 Å². The van der Waals surface area contributed by atoms with Gasteiger partial charge in [0.15, 0.2) is 0 Å². The Morgan fingerprint density at radius 3 is 2.83 bits per heavy atom. The largest absolute Gasteiger partial charge is 0.444 e. The second-order valence-electron chi connectivity index (χ2n) is 4.69. The van der Waals surface area contributed by atoms with Gasteiger partial charge in [0, 0.05) is 13.0 Å². The van der Waals surface area contributed by atoms with E-state index in [0.29, 0.717) is 18.9 Å². The molecule has 0 aliphatic carbocycles. The van der Waals surface area contributed by atoms with Gasteiger partial charge in [-0.05, 0) is 17.9 Å². The summed E-state index contributed by atoms with van der Waals surface area (Å²) in [6, 6.07) is 9.44. The fraction of sp³-hybridized carbons (Fsp3) is 0.429. The van der Waals surface area contributed by atoms with Crippen molar-refractivity contribution in [3.05, 3.63) is 35.9 Å². The van der Waals surface area contributed by atoms with Gasteiger partial charge in [0.05, 0.1) is 0 Å². The number of amides is 2. The van der Waals surface area contributed by atoms with Crippen LogP contribution in [0, 0.1) is 5.92 Å². The van der Waals surface area contributed by atoms with Crippen LogP contribution in [0.2, 0.25) is 0 Å². The predicted molar refractivity (Wildman–Crippen MR) is 66.7 cm³/mol. The molecule has 96 valence electrons. The van der Waals surface area contributed by atoms with Gasteiger partial charge in [-0.25, -0.2) is 9.69 Å². The topological polar surface area (TPSA) is 46.6 Å². The van der Waals surface area contributed by atoms with Gasteiger partial charge in [0.2, 0.25) is 5.91 Å². The Hall–Kier alpha value is -1.84. The molecule has 1 aromatic rings. The van der Waals surface area contributed by atoms with Gasteiger partial charge in [-0.15, -0.1) is 0 Å². The summed E-state index contributed by atoms with van der Waals surface area (Å²) in [5.74, 6) is 0.220. The molecule has 1 fully saturated rings. The number of ether oxygens (including phenoxy) is 1. The van der Waals surface area contributed by atoms with Crippen LogP contribution >= 0.6 is 0 Å². The van der Waals surface area contributed by atoms with Crippen molar-refractivity contribution in [2.75, 3.05) is 6.54 Å². The van der Waals surface area contributed by atoms with Crippen LogP contribution < -0.4 is 0 Å². The first-order valence-electron chi connectivity index (χ1n) is 6.18. The molecule has 1 saturated heterocycles. The molecule has 4 heteroatoms. The van der Waals surface area contributed by atoms with Crippen molar-refractivity contribution in [2.24, 2.45) is 5.92 Å². The van der Waals surface area contributed by atoms with Crippen molar-refractivity contribution in [1.82, 2.24) is 4.90 Å². The SMILES string of the molecule is C[C@H]1CCC(=O)N(C(=O)OCc2ccccc2)C1. The van der Waals surface area contributed by atoms with Crippen LogP contribution in [0.1, 0.15) is 25.3 Å². The number of benzene rings is 1. The standard InChI is InChI=1S/C14H17NO3/c1-11-7-8-13(16)15(9-11)14(17)18-10-12-5-3-2-4-6-12/h2-6,11H,7-10H2,1H3/t11-/m0/s1. The van der Waals surface area contributed by atoms with E-state index in [2.05, 4.69) is 0 Å². The predicted octanol–water partition coefficient (Wildman–Crippen LogP) is 2.58. The molecule has 0 spiro atoms. The Bertz CT molecular complexity index is 430. The van der Waals surface area contributed by atoms with Gasteiger partial charge < -0.3 is 4.74 Å². The van der Waals surface area contributed by atoms with E-state index < -0.39 is 6.09 Å². The summed E-state index contributed by atoms with van der Waals surface area (Å²) in [5.41, 5.74) is 0.920. The van der Waals surface area contributed by atoms with Crippen LogP contribution in [0.15, 0.2) is 30.3 Å². The number of piperidine rings is 1. The van der Waals surface area contributed by atoms with Gasteiger partial charge in [0.25, 0.3) is 0 Å². The van der Waals surface area contributed by atoms with Crippen LogP contribution in [0.3, 0.4) is 0 Å². The first-order valence-corrected chi connectivity index (χ1v) is 6.18. The maximum Gasteiger partial charge on any atom is 0.416 e. The lowest BCUT2D eigenvalue weighted by Crippen LogP contribution is -2.43. The van der Waals surface area contributed by atoms with Crippen LogP contribution in [0.5, 0.6) is 0 Å². The molecule has 1 aliphatic heterocycles. The third-order valence-corrected chi connectivity index (χ3v) is 3.07. The summed E-state index contributed by atoms with van der Waals surface area (Å²) in [6.45, 7) is 2.70. The van der Waals surface area contributed by atoms with Gasteiger partial charge in [-0.1, -0.05) is 37.3 Å². The molecular weight excluding hydrogens is 230 g/mol. The molecule has 1 atom stereocenters. The highest BCUT2D eigenvalue weighted by Crippen LogP contribution is 2.17. The Morgan fingerprint density at radius 1 is 1.39 bits per heavy atom. The van der Waals surface area contributed by atoms with Crippen molar-refractivity contribution in [3.8, 4) is 0 Å². The molecule has 0 N–H and O–H groups in total. The Balaban J connectivity index is 1.89. The lowest BCUT2D eigenvalue weighted by atomic mass is 10.0. The highest BCUT2D eigenvalue weighted by atomic mass is 16.6. The van der Waals surface area contributed by atoms with Crippen LogP contribution in [-0.2, 0) is 16.1 Å². The summed E-state index contributed by atoms with van der Waals surface area (Å²) in [4.78, 5) is 24.6. The number of nitrogens with zero attached hydrogens (tertiary/aromatic N) is 1. The van der Waals surface area contributed by atoms with Crippen molar-refractivity contribution in [1.29, 1.82) is 0 Å². The number of carbonyl (C=O) groups is 2. The molecule has 0 aromatic heterocycles. The van der Waals surface area contributed by atoms with Gasteiger partial charge in [-0.3, -0.25) is 4.79 Å². The second kappa shape index (κ2) is 5.67. The van der Waals surface area contributed by atoms with Crippen LogP contribution in [0.4, 0.5) is 4.79 Å².